The van der Waals surface area contributed by atoms with Gasteiger partial charge in [-0.25, -0.2) is 9.97 Å². The number of ether oxygens (including phenoxy) is 1. The molecule has 2 aliphatic heterocycles. The monoisotopic (exact) mass is 372 g/mol. The maximum atomic E-state index is 12.3. The second-order valence-electron chi connectivity index (χ2n) is 7.22. The zero-order valence-electron chi connectivity index (χ0n) is 15.1. The van der Waals surface area contributed by atoms with E-state index >= 15 is 0 Å². The van der Waals surface area contributed by atoms with Gasteiger partial charge >= 0.3 is 0 Å². The van der Waals surface area contributed by atoms with Crippen LogP contribution < -0.4 is 5.32 Å². The molecule has 9 heteroatoms. The van der Waals surface area contributed by atoms with E-state index < -0.39 is 6.10 Å². The number of amides is 1. The summed E-state index contributed by atoms with van der Waals surface area (Å²) in [7, 11) is 0. The summed E-state index contributed by atoms with van der Waals surface area (Å²) in [5.74, 6) is 0.177. The van der Waals surface area contributed by atoms with E-state index in [0.717, 1.165) is 44.8 Å². The lowest BCUT2D eigenvalue weighted by molar-refractivity contribution is -0.0316. The number of hydrogen-bond acceptors (Lipinski definition) is 7. The van der Waals surface area contributed by atoms with E-state index in [-0.39, 0.29) is 12.5 Å². The number of β-amino-alcohol motifs (C(OH)–C–C–N with tert-alkyl or cyclic N) is 1. The number of aromatic amines is 1. The first-order valence-electron chi connectivity index (χ1n) is 9.26. The lowest BCUT2D eigenvalue weighted by Gasteiger charge is -2.28. The molecule has 1 fully saturated rings. The molecule has 2 aromatic heterocycles. The lowest BCUT2D eigenvalue weighted by atomic mass is 10.0. The molecule has 0 aromatic carbocycles. The normalized spacial score (nSPS) is 18.6. The fraction of sp³-hybridized carbons (Fsp3) is 0.556. The quantitative estimate of drug-likeness (QED) is 0.602. The Morgan fingerprint density at radius 3 is 3.15 bits per heavy atom. The molecule has 0 aliphatic carbocycles. The summed E-state index contributed by atoms with van der Waals surface area (Å²) < 4.78 is 5.17. The molecule has 0 spiro atoms. The fourth-order valence-corrected chi connectivity index (χ4v) is 3.43. The first-order chi connectivity index (χ1) is 13.2. The standard InChI is InChI=1S/C18H24N6O3/c25-15(8-24-2-1-16-13(7-24)5-22-23-16)6-19-18(26)17-4-14(20-11-21-17)3-12-9-27-10-12/h4-5,11-12,15,25H,1-3,6-10H2,(H,19,26)(H,22,23)/t15-/m0/s1. The molecule has 4 heterocycles. The third-order valence-corrected chi connectivity index (χ3v) is 5.01. The van der Waals surface area contributed by atoms with Crippen molar-refractivity contribution in [1.29, 1.82) is 0 Å². The van der Waals surface area contributed by atoms with Crippen LogP contribution in [0, 0.1) is 5.92 Å². The number of aromatic nitrogens is 4. The highest BCUT2D eigenvalue weighted by atomic mass is 16.5. The molecule has 144 valence electrons. The van der Waals surface area contributed by atoms with E-state index in [1.807, 2.05) is 6.20 Å². The van der Waals surface area contributed by atoms with Crippen LogP contribution in [0.25, 0.3) is 0 Å². The van der Waals surface area contributed by atoms with Crippen molar-refractivity contribution in [2.75, 3.05) is 32.8 Å². The van der Waals surface area contributed by atoms with Crippen LogP contribution in [-0.2, 0) is 24.1 Å². The van der Waals surface area contributed by atoms with Crippen LogP contribution in [0.2, 0.25) is 0 Å². The van der Waals surface area contributed by atoms with Gasteiger partial charge in [-0.05, 0) is 12.5 Å². The zero-order chi connectivity index (χ0) is 18.6. The Morgan fingerprint density at radius 2 is 2.33 bits per heavy atom. The Balaban J connectivity index is 1.24. The predicted molar refractivity (Wildman–Crippen MR) is 96.0 cm³/mol. The van der Waals surface area contributed by atoms with Gasteiger partial charge in [-0.15, -0.1) is 0 Å². The summed E-state index contributed by atoms with van der Waals surface area (Å²) in [5, 5.41) is 20.1. The van der Waals surface area contributed by atoms with Crippen molar-refractivity contribution < 1.29 is 14.6 Å². The van der Waals surface area contributed by atoms with Crippen LogP contribution in [0.4, 0.5) is 0 Å². The molecule has 0 radical (unpaired) electrons. The number of fused-ring (bicyclic) bond motifs is 1. The van der Waals surface area contributed by atoms with Crippen LogP contribution in [0.3, 0.4) is 0 Å². The van der Waals surface area contributed by atoms with Crippen LogP contribution in [-0.4, -0.2) is 75.0 Å². The Morgan fingerprint density at radius 1 is 1.44 bits per heavy atom. The van der Waals surface area contributed by atoms with Gasteiger partial charge in [-0.3, -0.25) is 14.8 Å². The lowest BCUT2D eigenvalue weighted by Crippen LogP contribution is -2.42. The second-order valence-corrected chi connectivity index (χ2v) is 7.22. The number of nitrogens with one attached hydrogen (secondary N) is 2. The third-order valence-electron chi connectivity index (χ3n) is 5.01. The van der Waals surface area contributed by atoms with Crippen LogP contribution in [0.5, 0.6) is 0 Å². The minimum Gasteiger partial charge on any atom is -0.390 e. The molecule has 1 amide bonds. The van der Waals surface area contributed by atoms with Crippen LogP contribution in [0.15, 0.2) is 18.6 Å². The van der Waals surface area contributed by atoms with Gasteiger partial charge in [0.15, 0.2) is 0 Å². The maximum absolute atomic E-state index is 12.3. The molecular formula is C18H24N6O3. The minimum absolute atomic E-state index is 0.184. The molecule has 0 bridgehead atoms. The number of carbonyl (C=O) groups excluding carboxylic acids is 1. The van der Waals surface area contributed by atoms with Crippen molar-refractivity contribution in [3.63, 3.8) is 0 Å². The topological polar surface area (TPSA) is 116 Å². The Bertz CT molecular complexity index is 791. The fourth-order valence-electron chi connectivity index (χ4n) is 3.43. The van der Waals surface area contributed by atoms with Crippen molar-refractivity contribution in [2.45, 2.75) is 25.5 Å². The van der Waals surface area contributed by atoms with E-state index in [1.165, 1.54) is 17.6 Å². The third kappa shape index (κ3) is 4.49. The van der Waals surface area contributed by atoms with Gasteiger partial charge in [-0.1, -0.05) is 0 Å². The minimum atomic E-state index is -0.643. The van der Waals surface area contributed by atoms with Crippen molar-refractivity contribution in [2.24, 2.45) is 5.92 Å². The highest BCUT2D eigenvalue weighted by Gasteiger charge is 2.22. The first kappa shape index (κ1) is 18.0. The highest BCUT2D eigenvalue weighted by Crippen LogP contribution is 2.16. The Kier molecular flexibility index (Phi) is 5.42. The summed E-state index contributed by atoms with van der Waals surface area (Å²) in [6.45, 7) is 3.80. The van der Waals surface area contributed by atoms with Gasteiger partial charge in [0, 0.05) is 55.5 Å². The van der Waals surface area contributed by atoms with Gasteiger partial charge < -0.3 is 15.2 Å². The molecule has 2 aromatic rings. The molecule has 1 atom stereocenters. The predicted octanol–water partition coefficient (Wildman–Crippen LogP) is -0.462. The van der Waals surface area contributed by atoms with Gasteiger partial charge in [0.1, 0.15) is 12.0 Å². The van der Waals surface area contributed by atoms with E-state index in [9.17, 15) is 9.90 Å². The average molecular weight is 372 g/mol. The molecule has 4 rings (SSSR count). The molecule has 0 unspecified atom stereocenters. The Hall–Kier alpha value is -2.36. The number of rotatable bonds is 7. The summed E-state index contributed by atoms with van der Waals surface area (Å²) in [5.41, 5.74) is 3.51. The zero-order valence-corrected chi connectivity index (χ0v) is 15.1. The van der Waals surface area contributed by atoms with Crippen molar-refractivity contribution in [3.8, 4) is 0 Å². The molecular weight excluding hydrogens is 348 g/mol. The van der Waals surface area contributed by atoms with Gasteiger partial charge in [0.2, 0.25) is 0 Å². The summed E-state index contributed by atoms with van der Waals surface area (Å²) in [6.07, 6.45) is 4.28. The average Bonchev–Trinajstić information content (AvgIpc) is 3.11. The number of hydrogen-bond donors (Lipinski definition) is 3. The number of nitrogens with zero attached hydrogens (tertiary/aromatic N) is 4. The van der Waals surface area contributed by atoms with Crippen molar-refractivity contribution >= 4 is 5.91 Å². The van der Waals surface area contributed by atoms with Gasteiger partial charge in [0.25, 0.3) is 5.91 Å². The highest BCUT2D eigenvalue weighted by molar-refractivity contribution is 5.92. The van der Waals surface area contributed by atoms with E-state index in [0.29, 0.717) is 18.2 Å². The second kappa shape index (κ2) is 8.12. The van der Waals surface area contributed by atoms with Crippen molar-refractivity contribution in [3.05, 3.63) is 41.2 Å². The number of aliphatic hydroxyl groups is 1. The maximum Gasteiger partial charge on any atom is 0.270 e. The van der Waals surface area contributed by atoms with Crippen molar-refractivity contribution in [1.82, 2.24) is 30.4 Å². The van der Waals surface area contributed by atoms with Gasteiger partial charge in [-0.2, -0.15) is 5.10 Å². The first-order valence-corrected chi connectivity index (χ1v) is 9.26. The number of H-pyrrole nitrogens is 1. The van der Waals surface area contributed by atoms with E-state index in [1.54, 1.807) is 6.07 Å². The number of carbonyl (C=O) groups is 1. The molecule has 2 aliphatic rings. The summed E-state index contributed by atoms with van der Waals surface area (Å²) in [4.78, 5) is 22.8. The van der Waals surface area contributed by atoms with E-state index in [4.69, 9.17) is 4.74 Å². The molecule has 1 saturated heterocycles. The summed E-state index contributed by atoms with van der Waals surface area (Å²) in [6, 6.07) is 1.71. The van der Waals surface area contributed by atoms with Crippen LogP contribution in [0.1, 0.15) is 27.4 Å². The SMILES string of the molecule is O=C(NC[C@H](O)CN1CCc2[nH]ncc2C1)c1cc(CC2COC2)ncn1. The largest absolute Gasteiger partial charge is 0.390 e. The molecule has 3 N–H and O–H groups in total. The smallest absolute Gasteiger partial charge is 0.270 e. The van der Waals surface area contributed by atoms with Gasteiger partial charge in [0.05, 0.1) is 25.5 Å². The Labute approximate surface area is 157 Å². The van der Waals surface area contributed by atoms with Crippen LogP contribution >= 0.6 is 0 Å². The summed E-state index contributed by atoms with van der Waals surface area (Å²) >= 11 is 0. The molecule has 0 saturated carbocycles. The van der Waals surface area contributed by atoms with E-state index in [2.05, 4.69) is 30.4 Å². The number of aliphatic hydroxyl groups excluding tert-OH is 1. The molecule has 9 nitrogen and oxygen atoms in total. The molecule has 27 heavy (non-hydrogen) atoms.